The molecule has 1 aliphatic rings. The Labute approximate surface area is 141 Å². The number of hydrogen-bond acceptors (Lipinski definition) is 3. The van der Waals surface area contributed by atoms with Gasteiger partial charge in [0.15, 0.2) is 0 Å². The highest BCUT2D eigenvalue weighted by Crippen LogP contribution is 2.22. The number of rotatable bonds is 7. The van der Waals surface area contributed by atoms with Crippen LogP contribution in [0.4, 0.5) is 0 Å². The molecule has 1 aliphatic heterocycles. The number of carboxylic acid groups (broad SMARTS) is 1. The molecule has 1 heterocycles. The van der Waals surface area contributed by atoms with E-state index in [-0.39, 0.29) is 12.3 Å². The number of nitrogens with one attached hydrogen (secondary N) is 1. The van der Waals surface area contributed by atoms with Gasteiger partial charge >= 0.3 is 5.97 Å². The van der Waals surface area contributed by atoms with Crippen molar-refractivity contribution in [2.75, 3.05) is 13.2 Å². The molecule has 2 N–H and O–H groups in total. The molecule has 0 aliphatic carbocycles. The third-order valence-electron chi connectivity index (χ3n) is 4.11. The normalized spacial score (nSPS) is 16.7. The van der Waals surface area contributed by atoms with Crippen LogP contribution in [0.3, 0.4) is 0 Å². The minimum absolute atomic E-state index is 0.113. The van der Waals surface area contributed by atoms with Crippen LogP contribution >= 0.6 is 11.6 Å². The fourth-order valence-electron chi connectivity index (χ4n) is 2.76. The topological polar surface area (TPSA) is 75.6 Å². The number of amides is 1. The molecule has 1 amide bonds. The summed E-state index contributed by atoms with van der Waals surface area (Å²) >= 11 is 5.85. The summed E-state index contributed by atoms with van der Waals surface area (Å²) in [6, 6.07) is 6.34. The van der Waals surface area contributed by atoms with E-state index in [1.54, 1.807) is 24.3 Å². The zero-order valence-corrected chi connectivity index (χ0v) is 13.7. The van der Waals surface area contributed by atoms with Crippen LogP contribution in [0.25, 0.3) is 0 Å². The maximum absolute atomic E-state index is 12.2. The van der Waals surface area contributed by atoms with Crippen molar-refractivity contribution in [1.82, 2.24) is 5.32 Å². The Hall–Kier alpha value is -1.59. The van der Waals surface area contributed by atoms with Gasteiger partial charge in [0.2, 0.25) is 5.91 Å². The van der Waals surface area contributed by atoms with Crippen LogP contribution in [0.5, 0.6) is 0 Å². The Balaban J connectivity index is 1.89. The van der Waals surface area contributed by atoms with Crippen molar-refractivity contribution >= 4 is 23.5 Å². The highest BCUT2D eigenvalue weighted by atomic mass is 35.5. The molecular formula is C17H22ClNO4. The number of carbonyl (C=O) groups is 2. The highest BCUT2D eigenvalue weighted by molar-refractivity contribution is 6.30. The summed E-state index contributed by atoms with van der Waals surface area (Å²) in [4.78, 5) is 23.2. The molecule has 6 heteroatoms. The molecule has 0 saturated carbocycles. The van der Waals surface area contributed by atoms with E-state index >= 15 is 0 Å². The molecule has 1 saturated heterocycles. The lowest BCUT2D eigenvalue weighted by Crippen LogP contribution is -2.30. The third-order valence-corrected chi connectivity index (χ3v) is 4.36. The largest absolute Gasteiger partial charge is 0.481 e. The van der Waals surface area contributed by atoms with E-state index in [1.165, 1.54) is 0 Å². The number of aliphatic carboxylic acids is 1. The minimum atomic E-state index is -0.949. The molecule has 1 aromatic carbocycles. The summed E-state index contributed by atoms with van der Waals surface area (Å²) in [5.41, 5.74) is 0.746. The van der Waals surface area contributed by atoms with E-state index in [0.29, 0.717) is 17.4 Å². The van der Waals surface area contributed by atoms with Gasteiger partial charge in [-0.1, -0.05) is 23.7 Å². The molecule has 0 radical (unpaired) electrons. The first-order valence-electron chi connectivity index (χ1n) is 7.89. The molecule has 1 fully saturated rings. The van der Waals surface area contributed by atoms with E-state index in [1.807, 2.05) is 0 Å². The highest BCUT2D eigenvalue weighted by Gasteiger charge is 2.20. The van der Waals surface area contributed by atoms with Gasteiger partial charge in [0.25, 0.3) is 0 Å². The summed E-state index contributed by atoms with van der Waals surface area (Å²) in [5.74, 6) is -0.546. The molecule has 0 spiro atoms. The molecule has 0 aromatic heterocycles. The van der Waals surface area contributed by atoms with Crippen molar-refractivity contribution < 1.29 is 19.4 Å². The monoisotopic (exact) mass is 339 g/mol. The Bertz CT molecular complexity index is 526. The van der Waals surface area contributed by atoms with E-state index in [9.17, 15) is 9.59 Å². The number of hydrogen-bond donors (Lipinski definition) is 2. The maximum atomic E-state index is 12.2. The van der Waals surface area contributed by atoms with Crippen molar-refractivity contribution in [2.45, 2.75) is 38.1 Å². The van der Waals surface area contributed by atoms with E-state index in [2.05, 4.69) is 5.32 Å². The maximum Gasteiger partial charge on any atom is 0.305 e. The van der Waals surface area contributed by atoms with Crippen LogP contribution in [0.15, 0.2) is 24.3 Å². The summed E-state index contributed by atoms with van der Waals surface area (Å²) in [6.45, 7) is 1.53. The zero-order valence-electron chi connectivity index (χ0n) is 13.0. The van der Waals surface area contributed by atoms with Crippen molar-refractivity contribution in [3.63, 3.8) is 0 Å². The molecule has 126 valence electrons. The van der Waals surface area contributed by atoms with Crippen LogP contribution in [-0.2, 0) is 14.3 Å². The summed E-state index contributed by atoms with van der Waals surface area (Å²) in [6.07, 6.45) is 3.06. The molecule has 0 unspecified atom stereocenters. The quantitative estimate of drug-likeness (QED) is 0.800. The van der Waals surface area contributed by atoms with Crippen LogP contribution in [0.1, 0.15) is 43.7 Å². The molecular weight excluding hydrogens is 318 g/mol. The van der Waals surface area contributed by atoms with Crippen LogP contribution in [-0.4, -0.2) is 30.2 Å². The summed E-state index contributed by atoms with van der Waals surface area (Å²) in [5, 5.41) is 12.5. The summed E-state index contributed by atoms with van der Waals surface area (Å²) in [7, 11) is 0. The first-order valence-corrected chi connectivity index (χ1v) is 8.26. The fraction of sp³-hybridized carbons (Fsp3) is 0.529. The standard InChI is InChI=1S/C17H22ClNO4/c18-14-4-2-13(3-5-14)15(11-17(21)22)19-16(20)6-1-12-7-9-23-10-8-12/h2-5,12,15H,1,6-11H2,(H,19,20)(H,21,22)/t15-/m0/s1. The molecule has 23 heavy (non-hydrogen) atoms. The van der Waals surface area contributed by atoms with Crippen molar-refractivity contribution in [3.8, 4) is 0 Å². The van der Waals surface area contributed by atoms with Crippen LogP contribution in [0.2, 0.25) is 5.02 Å². The summed E-state index contributed by atoms with van der Waals surface area (Å²) < 4.78 is 5.31. The number of carboxylic acids is 1. The molecule has 1 atom stereocenters. The van der Waals surface area contributed by atoms with Gasteiger partial charge < -0.3 is 15.2 Å². The number of benzene rings is 1. The van der Waals surface area contributed by atoms with Crippen LogP contribution < -0.4 is 5.32 Å². The lowest BCUT2D eigenvalue weighted by atomic mass is 9.94. The van der Waals surface area contributed by atoms with Gasteiger partial charge in [-0.2, -0.15) is 0 Å². The Morgan fingerprint density at radius 1 is 1.26 bits per heavy atom. The van der Waals surface area contributed by atoms with Crippen molar-refractivity contribution in [1.29, 1.82) is 0 Å². The smallest absolute Gasteiger partial charge is 0.305 e. The first kappa shape index (κ1) is 17.8. The van der Waals surface area contributed by atoms with E-state index in [0.717, 1.165) is 38.0 Å². The SMILES string of the molecule is O=C(O)C[C@H](NC(=O)CCC1CCOCC1)c1ccc(Cl)cc1. The van der Waals surface area contributed by atoms with Crippen molar-refractivity contribution in [3.05, 3.63) is 34.9 Å². The Morgan fingerprint density at radius 3 is 2.52 bits per heavy atom. The van der Waals surface area contributed by atoms with Crippen LogP contribution in [0, 0.1) is 5.92 Å². The van der Waals surface area contributed by atoms with Gasteiger partial charge in [-0.05, 0) is 42.9 Å². The Kier molecular flexibility index (Phi) is 6.86. The first-order chi connectivity index (χ1) is 11.0. The molecule has 5 nitrogen and oxygen atoms in total. The van der Waals surface area contributed by atoms with E-state index < -0.39 is 12.0 Å². The fourth-order valence-corrected chi connectivity index (χ4v) is 2.88. The van der Waals surface area contributed by atoms with Gasteiger partial charge in [0.1, 0.15) is 0 Å². The number of ether oxygens (including phenoxy) is 1. The van der Waals surface area contributed by atoms with Gasteiger partial charge in [-0.15, -0.1) is 0 Å². The second kappa shape index (κ2) is 8.89. The second-order valence-electron chi connectivity index (χ2n) is 5.86. The van der Waals surface area contributed by atoms with Gasteiger partial charge in [-0.3, -0.25) is 9.59 Å². The lowest BCUT2D eigenvalue weighted by molar-refractivity contribution is -0.137. The van der Waals surface area contributed by atoms with Gasteiger partial charge in [0.05, 0.1) is 12.5 Å². The Morgan fingerprint density at radius 2 is 1.91 bits per heavy atom. The predicted octanol–water partition coefficient (Wildman–Crippen LogP) is 3.18. The average molecular weight is 340 g/mol. The number of carbonyl (C=O) groups excluding carboxylic acids is 1. The molecule has 1 aromatic rings. The second-order valence-corrected chi connectivity index (χ2v) is 6.30. The van der Waals surface area contributed by atoms with E-state index in [4.69, 9.17) is 21.4 Å². The third kappa shape index (κ3) is 6.20. The molecule has 0 bridgehead atoms. The van der Waals surface area contributed by atoms with Gasteiger partial charge in [-0.25, -0.2) is 0 Å². The zero-order chi connectivity index (χ0) is 16.7. The predicted molar refractivity (Wildman–Crippen MR) is 87.4 cm³/mol. The average Bonchev–Trinajstić information content (AvgIpc) is 2.53. The molecule has 2 rings (SSSR count). The minimum Gasteiger partial charge on any atom is -0.481 e. The van der Waals surface area contributed by atoms with Crippen molar-refractivity contribution in [2.24, 2.45) is 5.92 Å². The van der Waals surface area contributed by atoms with Gasteiger partial charge in [0, 0.05) is 24.7 Å². The lowest BCUT2D eigenvalue weighted by Gasteiger charge is -2.22. The number of halogens is 1.